The second-order valence-corrected chi connectivity index (χ2v) is 7.53. The molecule has 2 N–H and O–H groups in total. The zero-order valence-electron chi connectivity index (χ0n) is 16.2. The smallest absolute Gasteiger partial charge is 0.251 e. The minimum absolute atomic E-state index is 0.132. The van der Waals surface area contributed by atoms with E-state index in [1.807, 2.05) is 41.8 Å². The molecule has 0 unspecified atom stereocenters. The van der Waals surface area contributed by atoms with Gasteiger partial charge in [-0.2, -0.15) is 0 Å². The van der Waals surface area contributed by atoms with Gasteiger partial charge in [-0.15, -0.1) is 11.3 Å². The fourth-order valence-electron chi connectivity index (χ4n) is 2.99. The number of hydrogen-bond acceptors (Lipinski definition) is 6. The molecular weight excluding hydrogens is 402 g/mol. The fourth-order valence-corrected chi connectivity index (χ4v) is 3.73. The predicted molar refractivity (Wildman–Crippen MR) is 115 cm³/mol. The highest BCUT2D eigenvalue weighted by Gasteiger charge is 2.14. The molecule has 4 rings (SSSR count). The summed E-state index contributed by atoms with van der Waals surface area (Å²) in [6.07, 6.45) is 0.846. The molecule has 0 atom stereocenters. The quantitative estimate of drug-likeness (QED) is 0.565. The van der Waals surface area contributed by atoms with Crippen molar-refractivity contribution in [3.8, 4) is 22.8 Å². The van der Waals surface area contributed by atoms with Gasteiger partial charge in [0, 0.05) is 29.5 Å². The van der Waals surface area contributed by atoms with Crippen molar-refractivity contribution in [3.05, 3.63) is 59.5 Å². The van der Waals surface area contributed by atoms with Crippen LogP contribution in [0.3, 0.4) is 0 Å². The summed E-state index contributed by atoms with van der Waals surface area (Å²) in [5, 5.41) is 8.06. The van der Waals surface area contributed by atoms with Gasteiger partial charge in [0.2, 0.25) is 5.91 Å². The number of amides is 2. The Morgan fingerprint density at radius 1 is 1.03 bits per heavy atom. The monoisotopic (exact) mass is 423 g/mol. The van der Waals surface area contributed by atoms with Gasteiger partial charge >= 0.3 is 0 Å². The van der Waals surface area contributed by atoms with Crippen LogP contribution in [0.5, 0.6) is 11.5 Å². The van der Waals surface area contributed by atoms with E-state index in [-0.39, 0.29) is 11.8 Å². The number of benzene rings is 2. The molecule has 154 valence electrons. The number of aromatic nitrogens is 1. The number of nitrogens with zero attached hydrogens (tertiary/aromatic N) is 1. The number of hydrogen-bond donors (Lipinski definition) is 2. The van der Waals surface area contributed by atoms with Crippen molar-refractivity contribution in [1.29, 1.82) is 0 Å². The van der Waals surface area contributed by atoms with Crippen molar-refractivity contribution in [2.45, 2.75) is 12.8 Å². The van der Waals surface area contributed by atoms with E-state index in [1.54, 1.807) is 12.1 Å². The van der Waals surface area contributed by atoms with Crippen LogP contribution < -0.4 is 20.1 Å². The van der Waals surface area contributed by atoms with E-state index in [4.69, 9.17) is 9.47 Å². The number of rotatable bonds is 7. The molecule has 0 spiro atoms. The summed E-state index contributed by atoms with van der Waals surface area (Å²) >= 11 is 1.37. The van der Waals surface area contributed by atoms with Crippen LogP contribution in [0.1, 0.15) is 23.2 Å². The average molecular weight is 423 g/mol. The lowest BCUT2D eigenvalue weighted by Crippen LogP contribution is -2.25. The van der Waals surface area contributed by atoms with Crippen LogP contribution in [0.25, 0.3) is 11.3 Å². The molecule has 1 aromatic heterocycles. The van der Waals surface area contributed by atoms with E-state index >= 15 is 0 Å². The number of fused-ring (bicyclic) bond motifs is 1. The zero-order valence-corrected chi connectivity index (χ0v) is 17.0. The Balaban J connectivity index is 1.25. The Morgan fingerprint density at radius 2 is 1.83 bits per heavy atom. The lowest BCUT2D eigenvalue weighted by molar-refractivity contribution is -0.116. The lowest BCUT2D eigenvalue weighted by Gasteiger charge is -2.18. The van der Waals surface area contributed by atoms with Crippen LogP contribution in [-0.2, 0) is 4.79 Å². The molecule has 0 bridgehead atoms. The summed E-state index contributed by atoms with van der Waals surface area (Å²) in [7, 11) is 0. The molecule has 0 saturated heterocycles. The molecule has 1 aliphatic rings. The van der Waals surface area contributed by atoms with E-state index in [0.29, 0.717) is 49.0 Å². The molecule has 0 radical (unpaired) electrons. The third kappa shape index (κ3) is 4.96. The van der Waals surface area contributed by atoms with E-state index in [1.165, 1.54) is 11.3 Å². The van der Waals surface area contributed by atoms with Crippen molar-refractivity contribution in [2.24, 2.45) is 0 Å². The molecule has 2 amide bonds. The Morgan fingerprint density at radius 3 is 2.67 bits per heavy atom. The highest BCUT2D eigenvalue weighted by molar-refractivity contribution is 7.14. The summed E-state index contributed by atoms with van der Waals surface area (Å²) < 4.78 is 11.1. The molecule has 1 aliphatic heterocycles. The highest BCUT2D eigenvalue weighted by atomic mass is 32.1. The van der Waals surface area contributed by atoms with E-state index in [9.17, 15) is 9.59 Å². The SMILES string of the molecule is O=C(CCCNC(=O)c1ccccc1)Nc1nc(-c2ccc3c(c2)OCCO3)cs1. The number of ether oxygens (including phenoxy) is 2. The van der Waals surface area contributed by atoms with Gasteiger partial charge in [-0.05, 0) is 36.8 Å². The zero-order chi connectivity index (χ0) is 20.8. The summed E-state index contributed by atoms with van der Waals surface area (Å²) in [6.45, 7) is 1.51. The van der Waals surface area contributed by atoms with Crippen LogP contribution in [0.15, 0.2) is 53.9 Å². The summed E-state index contributed by atoms with van der Waals surface area (Å²) in [4.78, 5) is 28.6. The third-order valence-corrected chi connectivity index (χ3v) is 5.25. The predicted octanol–water partition coefficient (Wildman–Crippen LogP) is 3.73. The minimum Gasteiger partial charge on any atom is -0.486 e. The van der Waals surface area contributed by atoms with Crippen molar-refractivity contribution in [3.63, 3.8) is 0 Å². The van der Waals surface area contributed by atoms with E-state index in [0.717, 1.165) is 17.0 Å². The topological polar surface area (TPSA) is 89.6 Å². The molecule has 3 aromatic rings. The number of carbonyl (C=O) groups excluding carboxylic acids is 2. The normalized spacial score (nSPS) is 12.3. The van der Waals surface area contributed by atoms with Gasteiger partial charge in [-0.1, -0.05) is 18.2 Å². The van der Waals surface area contributed by atoms with Crippen LogP contribution in [0.4, 0.5) is 5.13 Å². The van der Waals surface area contributed by atoms with Crippen LogP contribution >= 0.6 is 11.3 Å². The lowest BCUT2D eigenvalue weighted by atomic mass is 10.1. The van der Waals surface area contributed by atoms with Gasteiger partial charge in [0.25, 0.3) is 5.91 Å². The van der Waals surface area contributed by atoms with E-state index in [2.05, 4.69) is 15.6 Å². The van der Waals surface area contributed by atoms with Crippen LogP contribution in [0.2, 0.25) is 0 Å². The number of carbonyl (C=O) groups is 2. The standard InChI is InChI=1S/C22H21N3O4S/c26-20(7-4-10-23-21(27)15-5-2-1-3-6-15)25-22-24-17(14-30-22)16-8-9-18-19(13-16)29-12-11-28-18/h1-3,5-6,8-9,13-14H,4,7,10-12H2,(H,23,27)(H,24,25,26). The molecule has 2 aromatic carbocycles. The maximum Gasteiger partial charge on any atom is 0.251 e. The first kappa shape index (κ1) is 19.9. The van der Waals surface area contributed by atoms with Crippen molar-refractivity contribution >= 4 is 28.3 Å². The number of nitrogens with one attached hydrogen (secondary N) is 2. The fraction of sp³-hybridized carbons (Fsp3) is 0.227. The largest absolute Gasteiger partial charge is 0.486 e. The third-order valence-electron chi connectivity index (χ3n) is 4.49. The molecule has 0 saturated carbocycles. The van der Waals surface area contributed by atoms with Gasteiger partial charge in [-0.25, -0.2) is 4.98 Å². The first-order chi connectivity index (χ1) is 14.7. The van der Waals surface area contributed by atoms with Gasteiger partial charge in [0.1, 0.15) is 13.2 Å². The maximum atomic E-state index is 12.2. The molecule has 8 heteroatoms. The molecule has 0 fully saturated rings. The minimum atomic E-state index is -0.139. The molecular formula is C22H21N3O4S. The number of anilines is 1. The Labute approximate surface area is 178 Å². The van der Waals surface area contributed by atoms with Crippen LogP contribution in [-0.4, -0.2) is 36.6 Å². The molecule has 0 aliphatic carbocycles. The molecule has 2 heterocycles. The van der Waals surface area contributed by atoms with Crippen LogP contribution in [0, 0.1) is 0 Å². The number of thiazole rings is 1. The summed E-state index contributed by atoms with van der Waals surface area (Å²) in [6, 6.07) is 14.7. The van der Waals surface area contributed by atoms with Crippen molar-refractivity contribution in [2.75, 3.05) is 25.1 Å². The summed E-state index contributed by atoms with van der Waals surface area (Å²) in [5.74, 6) is 1.16. The van der Waals surface area contributed by atoms with Crippen molar-refractivity contribution < 1.29 is 19.1 Å². The first-order valence-electron chi connectivity index (χ1n) is 9.68. The Kier molecular flexibility index (Phi) is 6.24. The molecule has 30 heavy (non-hydrogen) atoms. The van der Waals surface area contributed by atoms with Gasteiger partial charge in [-0.3, -0.25) is 9.59 Å². The first-order valence-corrected chi connectivity index (χ1v) is 10.6. The van der Waals surface area contributed by atoms with Gasteiger partial charge in [0.15, 0.2) is 16.6 Å². The highest BCUT2D eigenvalue weighted by Crippen LogP contribution is 2.35. The van der Waals surface area contributed by atoms with E-state index < -0.39 is 0 Å². The average Bonchev–Trinajstić information content (AvgIpc) is 3.25. The molecule has 7 nitrogen and oxygen atoms in total. The van der Waals surface area contributed by atoms with Gasteiger partial charge < -0.3 is 20.1 Å². The second kappa shape index (κ2) is 9.41. The maximum absolute atomic E-state index is 12.2. The second-order valence-electron chi connectivity index (χ2n) is 6.67. The van der Waals surface area contributed by atoms with Crippen molar-refractivity contribution in [1.82, 2.24) is 10.3 Å². The summed E-state index contributed by atoms with van der Waals surface area (Å²) in [5.41, 5.74) is 2.28. The Bertz CT molecular complexity index is 1040. The Hall–Kier alpha value is -3.39. The van der Waals surface area contributed by atoms with Gasteiger partial charge in [0.05, 0.1) is 5.69 Å².